The van der Waals surface area contributed by atoms with Crippen molar-refractivity contribution in [3.8, 4) is 0 Å². The molecule has 0 aliphatic heterocycles. The van der Waals surface area contributed by atoms with Gasteiger partial charge >= 0.3 is 6.18 Å². The minimum absolute atomic E-state index is 0.00503. The Balaban J connectivity index is 1.31. The Morgan fingerprint density at radius 2 is 1.72 bits per heavy atom. The topological polar surface area (TPSA) is 88.4 Å². The van der Waals surface area contributed by atoms with Crippen molar-refractivity contribution in [1.29, 1.82) is 0 Å². The van der Waals surface area contributed by atoms with Crippen LogP contribution in [0.4, 0.5) is 13.2 Å². The van der Waals surface area contributed by atoms with E-state index in [2.05, 4.69) is 15.7 Å². The molecule has 2 saturated carbocycles. The molecule has 2 amide bonds. The number of hydrogen-bond donors (Lipinski definition) is 2. The van der Waals surface area contributed by atoms with Gasteiger partial charge in [0.25, 0.3) is 5.91 Å². The molecule has 208 valence electrons. The van der Waals surface area contributed by atoms with Crippen LogP contribution in [0.5, 0.6) is 0 Å². The molecule has 2 aliphatic carbocycles. The van der Waals surface area contributed by atoms with Gasteiger partial charge in [0.1, 0.15) is 0 Å². The highest BCUT2D eigenvalue weighted by atomic mass is 19.4. The second kappa shape index (κ2) is 11.8. The number of alkyl halides is 3. The zero-order chi connectivity index (χ0) is 27.4. The van der Waals surface area contributed by atoms with Crippen LogP contribution in [-0.2, 0) is 11.3 Å². The highest BCUT2D eigenvalue weighted by Crippen LogP contribution is 2.41. The Morgan fingerprint density at radius 3 is 2.46 bits per heavy atom. The summed E-state index contributed by atoms with van der Waals surface area (Å²) in [5.41, 5.74) is 2.51. The average molecular weight is 542 g/mol. The summed E-state index contributed by atoms with van der Waals surface area (Å²) < 4.78 is 42.0. The molecule has 1 unspecified atom stereocenters. The van der Waals surface area contributed by atoms with Crippen LogP contribution < -0.4 is 10.6 Å². The van der Waals surface area contributed by atoms with E-state index in [1.165, 1.54) is 6.42 Å². The minimum atomic E-state index is -4.38. The van der Waals surface area contributed by atoms with Crippen LogP contribution in [0.25, 0.3) is 5.65 Å². The lowest BCUT2D eigenvalue weighted by Crippen LogP contribution is -2.42. The molecule has 2 heterocycles. The predicted octanol–water partition coefficient (Wildman–Crippen LogP) is 5.77. The summed E-state index contributed by atoms with van der Waals surface area (Å²) in [5, 5.41) is 10.3. The third-order valence-corrected chi connectivity index (χ3v) is 8.15. The predicted molar refractivity (Wildman–Crippen MR) is 140 cm³/mol. The quantitative estimate of drug-likeness (QED) is 0.398. The van der Waals surface area contributed by atoms with Gasteiger partial charge in [0.15, 0.2) is 5.65 Å². The maximum atomic E-state index is 13.4. The molecule has 2 N–H and O–H groups in total. The first-order chi connectivity index (χ1) is 18.8. The summed E-state index contributed by atoms with van der Waals surface area (Å²) in [5.74, 6) is -3.11. The van der Waals surface area contributed by atoms with Gasteiger partial charge in [-0.05, 0) is 55.4 Å². The van der Waals surface area contributed by atoms with Gasteiger partial charge in [0.05, 0.1) is 30.0 Å². The first kappa shape index (κ1) is 27.1. The molecule has 0 radical (unpaired) electrons. The van der Waals surface area contributed by atoms with Gasteiger partial charge in [-0.2, -0.15) is 18.3 Å². The number of carbonyl (C=O) groups excluding carboxylic acids is 2. The van der Waals surface area contributed by atoms with Gasteiger partial charge in [0.2, 0.25) is 5.91 Å². The Bertz CT molecular complexity index is 1290. The van der Waals surface area contributed by atoms with Crippen molar-refractivity contribution in [2.45, 2.75) is 76.6 Å². The monoisotopic (exact) mass is 541 g/mol. The number of nitrogens with zero attached hydrogens (tertiary/aromatic N) is 3. The molecule has 2 aromatic heterocycles. The third kappa shape index (κ3) is 6.42. The number of imidazole rings is 1. The van der Waals surface area contributed by atoms with Gasteiger partial charge in [-0.3, -0.25) is 9.59 Å². The van der Waals surface area contributed by atoms with Crippen molar-refractivity contribution >= 4 is 17.5 Å². The second-order valence-corrected chi connectivity index (χ2v) is 10.8. The third-order valence-electron chi connectivity index (χ3n) is 8.15. The highest BCUT2D eigenvalue weighted by molar-refractivity contribution is 5.94. The lowest BCUT2D eigenvalue weighted by atomic mass is 9.78. The zero-order valence-corrected chi connectivity index (χ0v) is 21.8. The Morgan fingerprint density at radius 1 is 1.00 bits per heavy atom. The Kier molecular flexibility index (Phi) is 8.18. The van der Waals surface area contributed by atoms with Crippen LogP contribution in [0.2, 0.25) is 0 Å². The van der Waals surface area contributed by atoms with Crippen molar-refractivity contribution < 1.29 is 22.8 Å². The van der Waals surface area contributed by atoms with Gasteiger partial charge < -0.3 is 10.6 Å². The molecule has 1 aromatic carbocycles. The fourth-order valence-electron chi connectivity index (χ4n) is 6.05. The number of hydrogen-bond acceptors (Lipinski definition) is 4. The van der Waals surface area contributed by atoms with E-state index in [-0.39, 0.29) is 37.3 Å². The standard InChI is InChI=1S/C29H34F3N5O2/c30-29(31,32)23-14-8-7-13-22(23)28(39)33-16-19-15-25-35-24(18-37(25)34-17-19)26(20-9-3-1-4-10-20)36-27(38)21-11-5-2-6-12-21/h2,5-6,11-12,15,17-18,20,22-23,26H,1,3-4,7-10,13-14,16H2,(H,33,39)(H,36,38)/t22?,23-,26+/m1/s1. The fourth-order valence-corrected chi connectivity index (χ4v) is 6.05. The molecule has 2 fully saturated rings. The van der Waals surface area contributed by atoms with Crippen molar-refractivity contribution in [1.82, 2.24) is 25.2 Å². The first-order valence-electron chi connectivity index (χ1n) is 13.8. The van der Waals surface area contributed by atoms with E-state index >= 15 is 0 Å². The van der Waals surface area contributed by atoms with Crippen LogP contribution in [0.3, 0.4) is 0 Å². The number of aromatic nitrogens is 3. The Hall–Kier alpha value is -3.43. The molecule has 3 aromatic rings. The van der Waals surface area contributed by atoms with Crippen LogP contribution in [0.15, 0.2) is 48.8 Å². The largest absolute Gasteiger partial charge is 0.392 e. The maximum absolute atomic E-state index is 13.4. The van der Waals surface area contributed by atoms with Crippen molar-refractivity contribution in [2.24, 2.45) is 17.8 Å². The smallest absolute Gasteiger partial charge is 0.352 e. The molecule has 0 saturated heterocycles. The van der Waals surface area contributed by atoms with Gasteiger partial charge in [-0.25, -0.2) is 9.50 Å². The number of benzene rings is 1. The molecular formula is C29H34F3N5O2. The molecule has 5 rings (SSSR count). The van der Waals surface area contributed by atoms with Crippen molar-refractivity contribution in [2.75, 3.05) is 0 Å². The molecule has 3 atom stereocenters. The lowest BCUT2D eigenvalue weighted by Gasteiger charge is -2.32. The van der Waals surface area contributed by atoms with Crippen LogP contribution in [0, 0.1) is 17.8 Å². The van der Waals surface area contributed by atoms with E-state index in [0.29, 0.717) is 29.6 Å². The molecule has 2 aliphatic rings. The lowest BCUT2D eigenvalue weighted by molar-refractivity contribution is -0.198. The summed E-state index contributed by atoms with van der Waals surface area (Å²) in [6.45, 7) is 0.0718. The number of carbonyl (C=O) groups is 2. The SMILES string of the molecule is O=C(N[C@H](c1cn2ncc(CNC(=O)C3CCCC[C@H]3C(F)(F)F)cc2n1)C1CCCCC1)c1ccccc1. The van der Waals surface area contributed by atoms with Gasteiger partial charge in [0, 0.05) is 18.0 Å². The molecule has 7 nitrogen and oxygen atoms in total. The number of rotatable bonds is 7. The Labute approximate surface area is 225 Å². The maximum Gasteiger partial charge on any atom is 0.392 e. The minimum Gasteiger partial charge on any atom is -0.352 e. The average Bonchev–Trinajstić information content (AvgIpc) is 3.38. The van der Waals surface area contributed by atoms with Crippen LogP contribution >= 0.6 is 0 Å². The fraction of sp³-hybridized carbons (Fsp3) is 0.517. The summed E-state index contributed by atoms with van der Waals surface area (Å²) in [6.07, 6.45) is 5.77. The summed E-state index contributed by atoms with van der Waals surface area (Å²) in [6, 6.07) is 10.6. The van der Waals surface area contributed by atoms with E-state index < -0.39 is 23.9 Å². The normalized spacial score (nSPS) is 21.4. The van der Waals surface area contributed by atoms with E-state index in [9.17, 15) is 22.8 Å². The van der Waals surface area contributed by atoms with Crippen LogP contribution in [-0.4, -0.2) is 32.6 Å². The molecule has 0 bridgehead atoms. The van der Waals surface area contributed by atoms with Gasteiger partial charge in [-0.1, -0.05) is 50.3 Å². The summed E-state index contributed by atoms with van der Waals surface area (Å²) in [4.78, 5) is 30.5. The zero-order valence-electron chi connectivity index (χ0n) is 21.8. The van der Waals surface area contributed by atoms with Crippen molar-refractivity contribution in [3.63, 3.8) is 0 Å². The highest BCUT2D eigenvalue weighted by Gasteiger charge is 2.48. The first-order valence-corrected chi connectivity index (χ1v) is 13.8. The van der Waals surface area contributed by atoms with E-state index in [4.69, 9.17) is 4.98 Å². The molecule has 39 heavy (non-hydrogen) atoms. The van der Waals surface area contributed by atoms with E-state index in [0.717, 1.165) is 31.4 Å². The van der Waals surface area contributed by atoms with Gasteiger partial charge in [-0.15, -0.1) is 0 Å². The summed E-state index contributed by atoms with van der Waals surface area (Å²) in [7, 11) is 0. The molecular weight excluding hydrogens is 507 g/mol. The summed E-state index contributed by atoms with van der Waals surface area (Å²) >= 11 is 0. The van der Waals surface area contributed by atoms with E-state index in [1.807, 2.05) is 24.4 Å². The van der Waals surface area contributed by atoms with Crippen LogP contribution in [0.1, 0.15) is 85.4 Å². The number of amides is 2. The number of nitrogens with one attached hydrogen (secondary N) is 2. The molecule has 0 spiro atoms. The van der Waals surface area contributed by atoms with E-state index in [1.54, 1.807) is 28.9 Å². The van der Waals surface area contributed by atoms with Crippen molar-refractivity contribution in [3.05, 3.63) is 65.6 Å². The number of fused-ring (bicyclic) bond motifs is 1. The molecule has 10 heteroatoms. The number of halogens is 3. The second-order valence-electron chi connectivity index (χ2n) is 10.8.